The first-order valence-corrected chi connectivity index (χ1v) is 7.12. The monoisotopic (exact) mass is 269 g/mol. The second kappa shape index (κ2) is 5.49. The first-order valence-electron chi connectivity index (χ1n) is 7.12. The van der Waals surface area contributed by atoms with Crippen molar-refractivity contribution in [2.24, 2.45) is 0 Å². The SMILES string of the molecule is O=C(NCC1(c2ccccc2)CCCC1)c1cnc[nH]1. The molecule has 0 aliphatic heterocycles. The molecule has 2 aromatic rings. The molecule has 0 spiro atoms. The number of amides is 1. The van der Waals surface area contributed by atoms with Gasteiger partial charge in [-0.25, -0.2) is 4.98 Å². The third kappa shape index (κ3) is 2.46. The molecule has 1 heterocycles. The molecule has 3 rings (SSSR count). The van der Waals surface area contributed by atoms with E-state index in [-0.39, 0.29) is 11.3 Å². The summed E-state index contributed by atoms with van der Waals surface area (Å²) in [6, 6.07) is 10.5. The molecule has 1 aromatic heterocycles. The predicted octanol–water partition coefficient (Wildman–Crippen LogP) is 2.65. The van der Waals surface area contributed by atoms with Crippen molar-refractivity contribution in [3.63, 3.8) is 0 Å². The molecule has 1 aliphatic rings. The lowest BCUT2D eigenvalue weighted by Gasteiger charge is -2.30. The molecular weight excluding hydrogens is 250 g/mol. The molecule has 0 saturated heterocycles. The topological polar surface area (TPSA) is 57.8 Å². The van der Waals surface area contributed by atoms with E-state index in [1.54, 1.807) is 6.20 Å². The Bertz CT molecular complexity index is 557. The van der Waals surface area contributed by atoms with Crippen LogP contribution in [-0.4, -0.2) is 22.4 Å². The van der Waals surface area contributed by atoms with E-state index in [4.69, 9.17) is 0 Å². The zero-order chi connectivity index (χ0) is 13.8. The number of carbonyl (C=O) groups is 1. The largest absolute Gasteiger partial charge is 0.350 e. The molecule has 1 aromatic carbocycles. The van der Waals surface area contributed by atoms with Gasteiger partial charge < -0.3 is 10.3 Å². The molecule has 0 unspecified atom stereocenters. The van der Waals surface area contributed by atoms with E-state index < -0.39 is 0 Å². The summed E-state index contributed by atoms with van der Waals surface area (Å²) in [5.74, 6) is -0.0790. The maximum Gasteiger partial charge on any atom is 0.269 e. The number of benzene rings is 1. The molecule has 20 heavy (non-hydrogen) atoms. The van der Waals surface area contributed by atoms with Crippen molar-refractivity contribution >= 4 is 5.91 Å². The van der Waals surface area contributed by atoms with Gasteiger partial charge in [0.1, 0.15) is 5.69 Å². The zero-order valence-electron chi connectivity index (χ0n) is 11.4. The lowest BCUT2D eigenvalue weighted by molar-refractivity contribution is 0.0938. The number of nitrogens with zero attached hydrogens (tertiary/aromatic N) is 1. The van der Waals surface area contributed by atoms with Crippen LogP contribution in [-0.2, 0) is 5.41 Å². The molecule has 0 bridgehead atoms. The molecule has 0 radical (unpaired) electrons. The first-order chi connectivity index (χ1) is 9.80. The Morgan fingerprint density at radius 1 is 1.25 bits per heavy atom. The van der Waals surface area contributed by atoms with Gasteiger partial charge in [-0.1, -0.05) is 43.2 Å². The van der Waals surface area contributed by atoms with Crippen molar-refractivity contribution in [2.45, 2.75) is 31.1 Å². The van der Waals surface area contributed by atoms with Crippen molar-refractivity contribution in [3.05, 3.63) is 54.1 Å². The summed E-state index contributed by atoms with van der Waals surface area (Å²) in [5, 5.41) is 3.06. The number of carbonyl (C=O) groups excluding carboxylic acids is 1. The number of imidazole rings is 1. The summed E-state index contributed by atoms with van der Waals surface area (Å²) < 4.78 is 0. The van der Waals surface area contributed by atoms with Crippen LogP contribution in [0.2, 0.25) is 0 Å². The molecule has 2 N–H and O–H groups in total. The third-order valence-electron chi connectivity index (χ3n) is 4.28. The predicted molar refractivity (Wildman–Crippen MR) is 77.5 cm³/mol. The van der Waals surface area contributed by atoms with Crippen molar-refractivity contribution in [3.8, 4) is 0 Å². The van der Waals surface area contributed by atoms with Gasteiger partial charge in [-0.3, -0.25) is 4.79 Å². The van der Waals surface area contributed by atoms with E-state index in [2.05, 4.69) is 39.6 Å². The second-order valence-corrected chi connectivity index (χ2v) is 5.50. The minimum absolute atomic E-state index is 0.0790. The highest BCUT2D eigenvalue weighted by atomic mass is 16.1. The van der Waals surface area contributed by atoms with Crippen LogP contribution in [0.3, 0.4) is 0 Å². The highest BCUT2D eigenvalue weighted by molar-refractivity contribution is 5.92. The molecule has 1 aliphatic carbocycles. The molecule has 1 saturated carbocycles. The molecule has 4 heteroatoms. The van der Waals surface area contributed by atoms with Crippen LogP contribution in [0.4, 0.5) is 0 Å². The highest BCUT2D eigenvalue weighted by Gasteiger charge is 2.35. The summed E-state index contributed by atoms with van der Waals surface area (Å²) in [7, 11) is 0. The van der Waals surface area contributed by atoms with Gasteiger partial charge >= 0.3 is 0 Å². The third-order valence-corrected chi connectivity index (χ3v) is 4.28. The normalized spacial score (nSPS) is 17.0. The van der Waals surface area contributed by atoms with Crippen LogP contribution in [0.15, 0.2) is 42.9 Å². The number of nitrogens with one attached hydrogen (secondary N) is 2. The Morgan fingerprint density at radius 2 is 2.00 bits per heavy atom. The molecule has 104 valence electrons. The molecule has 1 fully saturated rings. The van der Waals surface area contributed by atoms with Crippen molar-refractivity contribution in [1.82, 2.24) is 15.3 Å². The Labute approximate surface area is 118 Å². The fraction of sp³-hybridized carbons (Fsp3) is 0.375. The number of aromatic amines is 1. The van der Waals surface area contributed by atoms with Crippen LogP contribution in [0.1, 0.15) is 41.7 Å². The summed E-state index contributed by atoms with van der Waals surface area (Å²) >= 11 is 0. The van der Waals surface area contributed by atoms with Gasteiger partial charge in [-0.05, 0) is 18.4 Å². The Hall–Kier alpha value is -2.10. The van der Waals surface area contributed by atoms with Gasteiger partial charge in [0, 0.05) is 12.0 Å². The van der Waals surface area contributed by atoms with Gasteiger partial charge in [0.05, 0.1) is 12.5 Å². The minimum Gasteiger partial charge on any atom is -0.350 e. The van der Waals surface area contributed by atoms with Gasteiger partial charge in [0.2, 0.25) is 0 Å². The van der Waals surface area contributed by atoms with Gasteiger partial charge in [0.15, 0.2) is 0 Å². The van der Waals surface area contributed by atoms with Crippen molar-refractivity contribution in [2.75, 3.05) is 6.54 Å². The fourth-order valence-electron chi connectivity index (χ4n) is 3.14. The summed E-state index contributed by atoms with van der Waals surface area (Å²) in [6.07, 6.45) is 7.82. The molecule has 4 nitrogen and oxygen atoms in total. The smallest absolute Gasteiger partial charge is 0.269 e. The van der Waals surface area contributed by atoms with Crippen LogP contribution in [0.25, 0.3) is 0 Å². The zero-order valence-corrected chi connectivity index (χ0v) is 11.4. The minimum atomic E-state index is -0.0790. The van der Waals surface area contributed by atoms with Crippen LogP contribution >= 0.6 is 0 Å². The molecular formula is C16H19N3O. The Balaban J connectivity index is 1.74. The lowest BCUT2D eigenvalue weighted by Crippen LogP contribution is -2.39. The lowest BCUT2D eigenvalue weighted by atomic mass is 9.79. The maximum atomic E-state index is 12.1. The maximum absolute atomic E-state index is 12.1. The van der Waals surface area contributed by atoms with E-state index >= 15 is 0 Å². The van der Waals surface area contributed by atoms with Crippen LogP contribution in [0, 0.1) is 0 Å². The second-order valence-electron chi connectivity index (χ2n) is 5.50. The number of hydrogen-bond acceptors (Lipinski definition) is 2. The highest BCUT2D eigenvalue weighted by Crippen LogP contribution is 2.40. The molecule has 0 atom stereocenters. The van der Waals surface area contributed by atoms with Crippen molar-refractivity contribution in [1.29, 1.82) is 0 Å². The average Bonchev–Trinajstić information content (AvgIpc) is 3.18. The van der Waals surface area contributed by atoms with E-state index in [9.17, 15) is 4.79 Å². The van der Waals surface area contributed by atoms with E-state index in [0.29, 0.717) is 12.2 Å². The van der Waals surface area contributed by atoms with E-state index in [1.807, 2.05) is 6.07 Å². The average molecular weight is 269 g/mol. The van der Waals surface area contributed by atoms with Gasteiger partial charge in [0.25, 0.3) is 5.91 Å². The van der Waals surface area contributed by atoms with Crippen LogP contribution in [0.5, 0.6) is 0 Å². The molecule has 1 amide bonds. The van der Waals surface area contributed by atoms with E-state index in [1.165, 1.54) is 24.7 Å². The Kier molecular flexibility index (Phi) is 3.54. The standard InChI is InChI=1S/C16H19N3O/c20-15(14-10-17-12-19-14)18-11-16(8-4-5-9-16)13-6-2-1-3-7-13/h1-3,6-7,10,12H,4-5,8-9,11H2,(H,17,19)(H,18,20). The number of aromatic nitrogens is 2. The quantitative estimate of drug-likeness (QED) is 0.896. The van der Waals surface area contributed by atoms with E-state index in [0.717, 1.165) is 12.8 Å². The van der Waals surface area contributed by atoms with Gasteiger partial charge in [-0.2, -0.15) is 0 Å². The first kappa shape index (κ1) is 12.9. The number of H-pyrrole nitrogens is 1. The summed E-state index contributed by atoms with van der Waals surface area (Å²) in [4.78, 5) is 18.8. The van der Waals surface area contributed by atoms with Gasteiger partial charge in [-0.15, -0.1) is 0 Å². The number of hydrogen-bond donors (Lipinski definition) is 2. The van der Waals surface area contributed by atoms with Crippen LogP contribution < -0.4 is 5.32 Å². The number of rotatable bonds is 4. The Morgan fingerprint density at radius 3 is 2.65 bits per heavy atom. The summed E-state index contributed by atoms with van der Waals surface area (Å²) in [5.41, 5.74) is 1.95. The van der Waals surface area contributed by atoms with Crippen molar-refractivity contribution < 1.29 is 4.79 Å². The summed E-state index contributed by atoms with van der Waals surface area (Å²) in [6.45, 7) is 0.689. The fourth-order valence-corrected chi connectivity index (χ4v) is 3.14.